The Hall–Kier alpha value is -0.590. The van der Waals surface area contributed by atoms with E-state index in [0.717, 1.165) is 22.6 Å². The van der Waals surface area contributed by atoms with Crippen LogP contribution in [0.3, 0.4) is 0 Å². The van der Waals surface area contributed by atoms with Gasteiger partial charge in [0.25, 0.3) is 0 Å². The summed E-state index contributed by atoms with van der Waals surface area (Å²) in [6, 6.07) is 0.619. The third kappa shape index (κ3) is 4.69. The summed E-state index contributed by atoms with van der Waals surface area (Å²) < 4.78 is 0. The zero-order valence-electron chi connectivity index (χ0n) is 13.1. The Balaban J connectivity index is 1.82. The zero-order valence-corrected chi connectivity index (χ0v) is 14.7. The minimum atomic E-state index is 0.0572. The first-order valence-electron chi connectivity index (χ1n) is 7.62. The predicted molar refractivity (Wildman–Crippen MR) is 92.2 cm³/mol. The molecule has 0 atom stereocenters. The number of rotatable bonds is 6. The highest BCUT2D eigenvalue weighted by Crippen LogP contribution is 2.27. The van der Waals surface area contributed by atoms with E-state index in [2.05, 4.69) is 21.9 Å². The fourth-order valence-corrected chi connectivity index (χ4v) is 4.42. The molecule has 1 fully saturated rings. The van der Waals surface area contributed by atoms with Crippen molar-refractivity contribution >= 4 is 34.1 Å². The molecule has 1 aromatic rings. The van der Waals surface area contributed by atoms with Crippen molar-refractivity contribution in [2.75, 3.05) is 17.7 Å². The molecule has 1 aliphatic carbocycles. The van der Waals surface area contributed by atoms with Crippen LogP contribution in [0.1, 0.15) is 45.2 Å². The SMILES string of the molecule is CCN(C(C)=O)c1nc(CNC2CCC(SC)CC2)cs1. The predicted octanol–water partition coefficient (Wildman–Crippen LogP) is 3.28. The van der Waals surface area contributed by atoms with Crippen molar-refractivity contribution in [3.8, 4) is 0 Å². The van der Waals surface area contributed by atoms with E-state index in [1.807, 2.05) is 18.7 Å². The van der Waals surface area contributed by atoms with Crippen LogP contribution in [0, 0.1) is 0 Å². The van der Waals surface area contributed by atoms with Crippen LogP contribution in [0.4, 0.5) is 5.13 Å². The number of hydrogen-bond acceptors (Lipinski definition) is 5. The van der Waals surface area contributed by atoms with Gasteiger partial charge in [-0.2, -0.15) is 11.8 Å². The van der Waals surface area contributed by atoms with Gasteiger partial charge in [0.05, 0.1) is 5.69 Å². The van der Waals surface area contributed by atoms with Crippen LogP contribution in [0.2, 0.25) is 0 Å². The van der Waals surface area contributed by atoms with Gasteiger partial charge in [-0.25, -0.2) is 4.98 Å². The molecule has 4 nitrogen and oxygen atoms in total. The molecule has 0 unspecified atom stereocenters. The van der Waals surface area contributed by atoms with Crippen LogP contribution in [-0.4, -0.2) is 35.0 Å². The van der Waals surface area contributed by atoms with E-state index in [9.17, 15) is 4.79 Å². The van der Waals surface area contributed by atoms with E-state index < -0.39 is 0 Å². The second-order valence-corrected chi connectivity index (χ2v) is 7.45. The largest absolute Gasteiger partial charge is 0.308 e. The third-order valence-corrected chi connectivity index (χ3v) is 6.10. The Bertz CT molecular complexity index is 456. The van der Waals surface area contributed by atoms with E-state index in [0.29, 0.717) is 12.6 Å². The number of hydrogen-bond donors (Lipinski definition) is 1. The van der Waals surface area contributed by atoms with Crippen LogP contribution in [-0.2, 0) is 11.3 Å². The number of carbonyl (C=O) groups is 1. The molecule has 6 heteroatoms. The number of nitrogens with zero attached hydrogens (tertiary/aromatic N) is 2. The number of thiazole rings is 1. The molecule has 1 aliphatic rings. The van der Waals surface area contributed by atoms with Gasteiger partial charge in [-0.05, 0) is 38.9 Å². The van der Waals surface area contributed by atoms with E-state index in [4.69, 9.17) is 0 Å². The maximum absolute atomic E-state index is 11.5. The molecule has 118 valence electrons. The van der Waals surface area contributed by atoms with Gasteiger partial charge in [-0.1, -0.05) is 0 Å². The lowest BCUT2D eigenvalue weighted by Crippen LogP contribution is -2.33. The van der Waals surface area contributed by atoms with Crippen molar-refractivity contribution < 1.29 is 4.79 Å². The van der Waals surface area contributed by atoms with Crippen molar-refractivity contribution in [1.82, 2.24) is 10.3 Å². The fraction of sp³-hybridized carbons (Fsp3) is 0.733. The highest BCUT2D eigenvalue weighted by atomic mass is 32.2. The molecule has 1 N–H and O–H groups in total. The minimum absolute atomic E-state index is 0.0572. The Labute approximate surface area is 135 Å². The van der Waals surface area contributed by atoms with Crippen molar-refractivity contribution in [3.63, 3.8) is 0 Å². The van der Waals surface area contributed by atoms with Crippen molar-refractivity contribution in [1.29, 1.82) is 0 Å². The molecule has 0 spiro atoms. The average Bonchev–Trinajstić information content (AvgIpc) is 2.94. The lowest BCUT2D eigenvalue weighted by atomic mass is 9.95. The molecule has 0 aliphatic heterocycles. The van der Waals surface area contributed by atoms with Gasteiger partial charge in [0, 0.05) is 36.7 Å². The monoisotopic (exact) mass is 327 g/mol. The van der Waals surface area contributed by atoms with Gasteiger partial charge in [-0.3, -0.25) is 9.69 Å². The van der Waals surface area contributed by atoms with Gasteiger partial charge >= 0.3 is 0 Å². The smallest absolute Gasteiger partial charge is 0.225 e. The van der Waals surface area contributed by atoms with Crippen LogP contribution in [0.5, 0.6) is 0 Å². The van der Waals surface area contributed by atoms with Crippen molar-refractivity contribution in [2.24, 2.45) is 0 Å². The van der Waals surface area contributed by atoms with Crippen molar-refractivity contribution in [3.05, 3.63) is 11.1 Å². The number of anilines is 1. The normalized spacial score (nSPS) is 22.2. The molecular formula is C15H25N3OS2. The molecule has 21 heavy (non-hydrogen) atoms. The fourth-order valence-electron chi connectivity index (χ4n) is 2.75. The topological polar surface area (TPSA) is 45.2 Å². The Morgan fingerprint density at radius 2 is 2.19 bits per heavy atom. The Morgan fingerprint density at radius 1 is 1.48 bits per heavy atom. The maximum atomic E-state index is 11.5. The first-order valence-corrected chi connectivity index (χ1v) is 9.79. The van der Waals surface area contributed by atoms with Crippen LogP contribution in [0.15, 0.2) is 5.38 Å². The number of thioether (sulfide) groups is 1. The summed E-state index contributed by atoms with van der Waals surface area (Å²) in [4.78, 5) is 17.8. The molecule has 0 radical (unpaired) electrons. The van der Waals surface area contributed by atoms with Gasteiger partial charge in [0.15, 0.2) is 5.13 Å². The van der Waals surface area contributed by atoms with Crippen LogP contribution in [0.25, 0.3) is 0 Å². The maximum Gasteiger partial charge on any atom is 0.225 e. The van der Waals surface area contributed by atoms with Gasteiger partial charge in [0.2, 0.25) is 5.91 Å². The van der Waals surface area contributed by atoms with E-state index in [1.54, 1.807) is 23.2 Å². The number of amides is 1. The first-order chi connectivity index (χ1) is 10.1. The van der Waals surface area contributed by atoms with E-state index >= 15 is 0 Å². The van der Waals surface area contributed by atoms with E-state index in [-0.39, 0.29) is 5.91 Å². The quantitative estimate of drug-likeness (QED) is 0.871. The van der Waals surface area contributed by atoms with Gasteiger partial charge in [0.1, 0.15) is 0 Å². The van der Waals surface area contributed by atoms with Crippen molar-refractivity contribution in [2.45, 2.75) is 57.4 Å². The standard InChI is InChI=1S/C15H25N3OS2/c1-4-18(11(2)19)15-17-13(10-21-15)9-16-12-5-7-14(20-3)8-6-12/h10,12,14,16H,4-9H2,1-3H3. The second kappa shape index (κ2) is 8.15. The van der Waals surface area contributed by atoms with E-state index in [1.165, 1.54) is 25.7 Å². The lowest BCUT2D eigenvalue weighted by Gasteiger charge is -2.27. The summed E-state index contributed by atoms with van der Waals surface area (Å²) in [5.41, 5.74) is 1.04. The summed E-state index contributed by atoms with van der Waals surface area (Å²) >= 11 is 3.55. The summed E-state index contributed by atoms with van der Waals surface area (Å²) in [5.74, 6) is 0.0572. The molecule has 0 bridgehead atoms. The number of carbonyl (C=O) groups excluding carboxylic acids is 1. The summed E-state index contributed by atoms with van der Waals surface area (Å²) in [6.07, 6.45) is 7.36. The number of nitrogens with one attached hydrogen (secondary N) is 1. The molecule has 0 saturated heterocycles. The molecular weight excluding hydrogens is 302 g/mol. The molecule has 0 aromatic carbocycles. The molecule has 1 aromatic heterocycles. The minimum Gasteiger partial charge on any atom is -0.308 e. The van der Waals surface area contributed by atoms with Crippen LogP contribution >= 0.6 is 23.1 Å². The molecule has 1 amide bonds. The van der Waals surface area contributed by atoms with Crippen LogP contribution < -0.4 is 10.2 Å². The molecule has 1 saturated carbocycles. The molecule has 2 rings (SSSR count). The second-order valence-electron chi connectivity index (χ2n) is 5.47. The lowest BCUT2D eigenvalue weighted by molar-refractivity contribution is -0.116. The third-order valence-electron chi connectivity index (χ3n) is 4.05. The zero-order chi connectivity index (χ0) is 15.2. The highest BCUT2D eigenvalue weighted by molar-refractivity contribution is 7.99. The summed E-state index contributed by atoms with van der Waals surface area (Å²) in [6.45, 7) is 5.05. The molecule has 1 heterocycles. The van der Waals surface area contributed by atoms with Gasteiger partial charge in [-0.15, -0.1) is 11.3 Å². The van der Waals surface area contributed by atoms with Gasteiger partial charge < -0.3 is 5.32 Å². The summed E-state index contributed by atoms with van der Waals surface area (Å²) in [5, 5.41) is 7.33. The Morgan fingerprint density at radius 3 is 2.76 bits per heavy atom. The Kier molecular flexibility index (Phi) is 6.51. The first kappa shape index (κ1) is 16.8. The summed E-state index contributed by atoms with van der Waals surface area (Å²) in [7, 11) is 0. The number of aromatic nitrogens is 1. The average molecular weight is 328 g/mol. The highest BCUT2D eigenvalue weighted by Gasteiger charge is 2.20.